The van der Waals surface area contributed by atoms with Crippen LogP contribution in [0.25, 0.3) is 0 Å². The van der Waals surface area contributed by atoms with Gasteiger partial charge in [0.1, 0.15) is 4.88 Å². The Morgan fingerprint density at radius 3 is 2.69 bits per heavy atom. The third-order valence-corrected chi connectivity index (χ3v) is 6.60. The number of benzene rings is 2. The maximum atomic E-state index is 13.1. The van der Waals surface area contributed by atoms with Gasteiger partial charge >= 0.3 is 0 Å². The quantitative estimate of drug-likeness (QED) is 0.670. The van der Waals surface area contributed by atoms with Crippen molar-refractivity contribution in [1.82, 2.24) is 14.8 Å². The molecule has 0 N–H and O–H groups in total. The van der Waals surface area contributed by atoms with Gasteiger partial charge in [-0.1, -0.05) is 48.5 Å². The van der Waals surface area contributed by atoms with Crippen LogP contribution in [0.3, 0.4) is 0 Å². The maximum absolute atomic E-state index is 13.1. The fourth-order valence-corrected chi connectivity index (χ4v) is 5.05. The molecule has 3 aromatic rings. The molecule has 5 nitrogen and oxygen atoms in total. The lowest BCUT2D eigenvalue weighted by molar-refractivity contribution is 0.0723. The summed E-state index contributed by atoms with van der Waals surface area (Å²) in [5.41, 5.74) is 5.57. The van der Waals surface area contributed by atoms with Gasteiger partial charge in [-0.05, 0) is 17.2 Å². The van der Waals surface area contributed by atoms with Crippen molar-refractivity contribution in [2.75, 3.05) is 31.1 Å². The molecule has 0 bridgehead atoms. The van der Waals surface area contributed by atoms with Gasteiger partial charge in [0.05, 0.1) is 17.7 Å². The predicted octanol–water partition coefficient (Wildman–Crippen LogP) is 3.49. The number of carbonyl (C=O) groups is 1. The molecule has 5 rings (SSSR count). The molecule has 29 heavy (non-hydrogen) atoms. The molecule has 0 spiro atoms. The second-order valence-corrected chi connectivity index (χ2v) is 8.63. The highest BCUT2D eigenvalue weighted by Crippen LogP contribution is 2.31. The summed E-state index contributed by atoms with van der Waals surface area (Å²) < 4.78 is 0. The number of amides is 1. The molecule has 0 radical (unpaired) electrons. The van der Waals surface area contributed by atoms with Crippen molar-refractivity contribution >= 4 is 22.9 Å². The van der Waals surface area contributed by atoms with Crippen LogP contribution >= 0.6 is 11.3 Å². The van der Waals surface area contributed by atoms with Gasteiger partial charge in [-0.2, -0.15) is 0 Å². The van der Waals surface area contributed by atoms with Gasteiger partial charge < -0.3 is 9.80 Å². The Balaban J connectivity index is 1.41. The Morgan fingerprint density at radius 2 is 1.86 bits per heavy atom. The number of rotatable bonds is 3. The molecule has 3 heterocycles. The molecule has 1 atom stereocenters. The summed E-state index contributed by atoms with van der Waals surface area (Å²) in [6.45, 7) is 5.31. The number of anilines is 1. The lowest BCUT2D eigenvalue weighted by atomic mass is 10.1. The van der Waals surface area contributed by atoms with E-state index in [0.717, 1.165) is 32.7 Å². The Bertz CT molecular complexity index is 976. The van der Waals surface area contributed by atoms with Gasteiger partial charge in [0.25, 0.3) is 5.91 Å². The minimum atomic E-state index is 0.0873. The molecule has 0 aliphatic carbocycles. The van der Waals surface area contributed by atoms with Crippen LogP contribution in [-0.2, 0) is 13.1 Å². The number of thiazole rings is 1. The minimum Gasteiger partial charge on any atom is -0.364 e. The molecular weight excluding hydrogens is 380 g/mol. The summed E-state index contributed by atoms with van der Waals surface area (Å²) in [5.74, 6) is 0.0873. The molecular formula is C23H24N4OS. The van der Waals surface area contributed by atoms with Crippen LogP contribution in [0.1, 0.15) is 20.8 Å². The zero-order valence-corrected chi connectivity index (χ0v) is 17.1. The van der Waals surface area contributed by atoms with Crippen molar-refractivity contribution in [3.63, 3.8) is 0 Å². The van der Waals surface area contributed by atoms with E-state index < -0.39 is 0 Å². The highest BCUT2D eigenvalue weighted by molar-refractivity contribution is 7.11. The number of carbonyl (C=O) groups excluding carboxylic acids is 1. The molecule has 0 saturated carbocycles. The summed E-state index contributed by atoms with van der Waals surface area (Å²) >= 11 is 1.42. The van der Waals surface area contributed by atoms with Gasteiger partial charge in [-0.15, -0.1) is 11.3 Å². The molecule has 1 unspecified atom stereocenters. The maximum Gasteiger partial charge on any atom is 0.265 e. The number of nitrogens with zero attached hydrogens (tertiary/aromatic N) is 4. The lowest BCUT2D eigenvalue weighted by Gasteiger charge is -2.43. The van der Waals surface area contributed by atoms with Gasteiger partial charge in [-0.25, -0.2) is 0 Å². The average Bonchev–Trinajstić information content (AvgIpc) is 3.24. The normalized spacial score (nSPS) is 19.4. The Kier molecular flexibility index (Phi) is 5.04. The molecule has 2 aliphatic heterocycles. The number of piperazine rings is 1. The summed E-state index contributed by atoms with van der Waals surface area (Å²) in [5, 5.41) is 0. The van der Waals surface area contributed by atoms with Gasteiger partial charge in [0.2, 0.25) is 0 Å². The molecule has 1 fully saturated rings. The molecule has 2 aliphatic rings. The smallest absolute Gasteiger partial charge is 0.265 e. The van der Waals surface area contributed by atoms with E-state index in [4.69, 9.17) is 0 Å². The highest BCUT2D eigenvalue weighted by Gasteiger charge is 2.34. The van der Waals surface area contributed by atoms with E-state index in [1.807, 2.05) is 4.90 Å². The third-order valence-electron chi connectivity index (χ3n) is 5.84. The fourth-order valence-electron chi connectivity index (χ4n) is 4.46. The first kappa shape index (κ1) is 18.3. The van der Waals surface area contributed by atoms with Crippen molar-refractivity contribution in [3.05, 3.63) is 82.3 Å². The zero-order valence-electron chi connectivity index (χ0n) is 16.3. The standard InChI is InChI=1S/C23H24N4OS/c28-23(22-12-24-17-29-22)26-14-19-8-4-5-9-21(19)27-11-10-25(15-20(27)16-26)13-18-6-2-1-3-7-18/h1-9,12,17,20H,10-11,13-16H2. The van der Waals surface area contributed by atoms with Crippen molar-refractivity contribution in [2.45, 2.75) is 19.1 Å². The Hall–Kier alpha value is -2.70. The zero-order chi connectivity index (χ0) is 19.6. The molecule has 1 saturated heterocycles. The van der Waals surface area contributed by atoms with E-state index in [2.05, 4.69) is 69.4 Å². The Labute approximate surface area is 175 Å². The first-order valence-corrected chi connectivity index (χ1v) is 10.9. The van der Waals surface area contributed by atoms with Crippen LogP contribution in [-0.4, -0.2) is 52.9 Å². The monoisotopic (exact) mass is 404 g/mol. The van der Waals surface area contributed by atoms with Crippen LogP contribution in [0.15, 0.2) is 66.3 Å². The number of hydrogen-bond acceptors (Lipinski definition) is 5. The van der Waals surface area contributed by atoms with Gasteiger partial charge in [-0.3, -0.25) is 14.7 Å². The molecule has 1 aromatic heterocycles. The van der Waals surface area contributed by atoms with Crippen molar-refractivity contribution in [1.29, 1.82) is 0 Å². The average molecular weight is 405 g/mol. The first-order valence-electron chi connectivity index (χ1n) is 10.1. The SMILES string of the molecule is O=C(c1cncs1)N1Cc2ccccc2N2CCN(Cc3ccccc3)CC2C1. The second kappa shape index (κ2) is 7.97. The predicted molar refractivity (Wildman–Crippen MR) is 116 cm³/mol. The molecule has 6 heteroatoms. The number of hydrogen-bond donors (Lipinski definition) is 0. The number of aromatic nitrogens is 1. The topological polar surface area (TPSA) is 39.7 Å². The minimum absolute atomic E-state index is 0.0873. The van der Waals surface area contributed by atoms with E-state index in [0.29, 0.717) is 11.4 Å². The third kappa shape index (κ3) is 3.78. The number of para-hydroxylation sites is 1. The molecule has 2 aromatic carbocycles. The highest BCUT2D eigenvalue weighted by atomic mass is 32.1. The lowest BCUT2D eigenvalue weighted by Crippen LogP contribution is -2.56. The van der Waals surface area contributed by atoms with Crippen molar-refractivity contribution < 1.29 is 4.79 Å². The molecule has 148 valence electrons. The first-order chi connectivity index (χ1) is 14.3. The summed E-state index contributed by atoms with van der Waals surface area (Å²) in [7, 11) is 0. The van der Waals surface area contributed by atoms with Crippen molar-refractivity contribution in [3.8, 4) is 0 Å². The van der Waals surface area contributed by atoms with Gasteiger partial charge in [0, 0.05) is 45.0 Å². The van der Waals surface area contributed by atoms with E-state index in [1.165, 1.54) is 28.2 Å². The van der Waals surface area contributed by atoms with Crippen molar-refractivity contribution in [2.24, 2.45) is 0 Å². The summed E-state index contributed by atoms with van der Waals surface area (Å²) in [4.78, 5) is 25.0. The second-order valence-electron chi connectivity index (χ2n) is 7.75. The largest absolute Gasteiger partial charge is 0.364 e. The van der Waals surface area contributed by atoms with Crippen LogP contribution in [0.5, 0.6) is 0 Å². The van der Waals surface area contributed by atoms with E-state index >= 15 is 0 Å². The van der Waals surface area contributed by atoms with E-state index in [9.17, 15) is 4.79 Å². The Morgan fingerprint density at radius 1 is 1.03 bits per heavy atom. The van der Waals surface area contributed by atoms with Crippen LogP contribution in [0, 0.1) is 0 Å². The summed E-state index contributed by atoms with van der Waals surface area (Å²) in [6.07, 6.45) is 1.68. The van der Waals surface area contributed by atoms with Crippen LogP contribution in [0.4, 0.5) is 5.69 Å². The number of fused-ring (bicyclic) bond motifs is 3. The van der Waals surface area contributed by atoms with Crippen LogP contribution < -0.4 is 4.90 Å². The van der Waals surface area contributed by atoms with E-state index in [1.54, 1.807) is 11.7 Å². The summed E-state index contributed by atoms with van der Waals surface area (Å²) in [6, 6.07) is 19.5. The van der Waals surface area contributed by atoms with E-state index in [-0.39, 0.29) is 11.9 Å². The fraction of sp³-hybridized carbons (Fsp3) is 0.304. The molecule has 1 amide bonds. The van der Waals surface area contributed by atoms with Gasteiger partial charge in [0.15, 0.2) is 0 Å². The van der Waals surface area contributed by atoms with Crippen LogP contribution in [0.2, 0.25) is 0 Å².